The molecule has 0 atom stereocenters. The van der Waals surface area contributed by atoms with Crippen molar-refractivity contribution in [3.63, 3.8) is 0 Å². The van der Waals surface area contributed by atoms with Crippen molar-refractivity contribution in [3.05, 3.63) is 69.7 Å². The van der Waals surface area contributed by atoms with E-state index in [0.29, 0.717) is 11.8 Å². The average molecular weight is 303 g/mol. The molecule has 2 rings (SSSR count). The van der Waals surface area contributed by atoms with E-state index < -0.39 is 0 Å². The fraction of sp³-hybridized carbons (Fsp3) is 0.400. The van der Waals surface area contributed by atoms with Gasteiger partial charge in [-0.1, -0.05) is 75.7 Å². The molecule has 0 unspecified atom stereocenters. The van der Waals surface area contributed by atoms with Gasteiger partial charge in [0.1, 0.15) is 0 Å². The van der Waals surface area contributed by atoms with E-state index in [2.05, 4.69) is 58.0 Å². The molecule has 2 aromatic carbocycles. The zero-order chi connectivity index (χ0) is 16.0. The van der Waals surface area contributed by atoms with Gasteiger partial charge in [0.2, 0.25) is 0 Å². The van der Waals surface area contributed by atoms with E-state index >= 15 is 0 Å². The molecule has 0 radical (unpaired) electrons. The second-order valence-electron chi connectivity index (χ2n) is 6.19. The molecule has 0 aliphatic carbocycles. The summed E-state index contributed by atoms with van der Waals surface area (Å²) in [6, 6.07) is 14.8. The van der Waals surface area contributed by atoms with Crippen molar-refractivity contribution >= 4 is 11.6 Å². The lowest BCUT2D eigenvalue weighted by Crippen LogP contribution is -1.97. The second kappa shape index (κ2) is 8.24. The lowest BCUT2D eigenvalue weighted by Gasteiger charge is -2.14. The summed E-state index contributed by atoms with van der Waals surface area (Å²) >= 11 is 5.81. The largest absolute Gasteiger partial charge is 0.0840 e. The molecule has 0 saturated carbocycles. The highest BCUT2D eigenvalue weighted by Gasteiger charge is 2.07. The zero-order valence-electron chi connectivity index (χ0n) is 14.1. The molecule has 0 aliphatic heterocycles. The molecular formula is C20H27Cl. The van der Waals surface area contributed by atoms with E-state index in [1.165, 1.54) is 16.7 Å². The monoisotopic (exact) mass is 302 g/mol. The standard InChI is InChI=1S/C12H18.C8H9Cl/c1-9(2)11-7-5-6-8-12(11)10(3)4;1-6-3-4-7(2)8(9)5-6/h5-10H,1-4H3;3-5H,1-2H3. The fourth-order valence-corrected chi connectivity index (χ4v) is 2.50. The Labute approximate surface area is 135 Å². The summed E-state index contributed by atoms with van der Waals surface area (Å²) < 4.78 is 0. The van der Waals surface area contributed by atoms with Gasteiger partial charge in [0.15, 0.2) is 0 Å². The Kier molecular flexibility index (Phi) is 6.98. The Balaban J connectivity index is 0.000000219. The van der Waals surface area contributed by atoms with E-state index in [9.17, 15) is 0 Å². The minimum absolute atomic E-state index is 0.642. The van der Waals surface area contributed by atoms with Crippen LogP contribution in [-0.2, 0) is 0 Å². The van der Waals surface area contributed by atoms with Gasteiger partial charge < -0.3 is 0 Å². The molecule has 0 aliphatic rings. The summed E-state index contributed by atoms with van der Waals surface area (Å²) in [6.45, 7) is 13.0. The van der Waals surface area contributed by atoms with Gasteiger partial charge in [0.05, 0.1) is 0 Å². The molecule has 0 aromatic heterocycles. The molecule has 0 N–H and O–H groups in total. The molecule has 114 valence electrons. The van der Waals surface area contributed by atoms with Gasteiger partial charge in [-0.15, -0.1) is 0 Å². The minimum Gasteiger partial charge on any atom is -0.0840 e. The number of rotatable bonds is 2. The van der Waals surface area contributed by atoms with Gasteiger partial charge in [-0.2, -0.15) is 0 Å². The topological polar surface area (TPSA) is 0 Å². The van der Waals surface area contributed by atoms with E-state index in [0.717, 1.165) is 10.6 Å². The van der Waals surface area contributed by atoms with Crippen LogP contribution < -0.4 is 0 Å². The molecule has 1 heteroatoms. The maximum Gasteiger partial charge on any atom is 0.0437 e. The Morgan fingerprint density at radius 3 is 1.57 bits per heavy atom. The van der Waals surface area contributed by atoms with Crippen LogP contribution in [0.1, 0.15) is 61.8 Å². The van der Waals surface area contributed by atoms with Crippen LogP contribution in [0.4, 0.5) is 0 Å². The van der Waals surface area contributed by atoms with Crippen LogP contribution in [0.5, 0.6) is 0 Å². The highest BCUT2D eigenvalue weighted by molar-refractivity contribution is 6.31. The normalized spacial score (nSPS) is 10.5. The molecule has 0 bridgehead atoms. The second-order valence-corrected chi connectivity index (χ2v) is 6.60. The van der Waals surface area contributed by atoms with Crippen molar-refractivity contribution < 1.29 is 0 Å². The van der Waals surface area contributed by atoms with Crippen LogP contribution in [0.2, 0.25) is 5.02 Å². The first-order valence-corrected chi connectivity index (χ1v) is 8.02. The van der Waals surface area contributed by atoms with Gasteiger partial charge in [0, 0.05) is 5.02 Å². The van der Waals surface area contributed by atoms with Gasteiger partial charge in [-0.05, 0) is 54.0 Å². The summed E-state index contributed by atoms with van der Waals surface area (Å²) in [5.74, 6) is 1.28. The number of hydrogen-bond acceptors (Lipinski definition) is 0. The smallest absolute Gasteiger partial charge is 0.0437 e. The maximum absolute atomic E-state index is 5.81. The highest BCUT2D eigenvalue weighted by atomic mass is 35.5. The summed E-state index contributed by atoms with van der Waals surface area (Å²) in [5.41, 5.74) is 5.34. The average Bonchev–Trinajstić information content (AvgIpc) is 2.44. The number of halogens is 1. The summed E-state index contributed by atoms with van der Waals surface area (Å²) in [4.78, 5) is 0. The Hall–Kier alpha value is -1.27. The summed E-state index contributed by atoms with van der Waals surface area (Å²) in [5, 5.41) is 0.856. The van der Waals surface area contributed by atoms with Crippen LogP contribution in [0.3, 0.4) is 0 Å². The Bertz CT molecular complexity index is 541. The van der Waals surface area contributed by atoms with E-state index in [4.69, 9.17) is 11.6 Å². The quantitative estimate of drug-likeness (QED) is 0.566. The number of benzene rings is 2. The summed E-state index contributed by atoms with van der Waals surface area (Å²) in [7, 11) is 0. The van der Waals surface area contributed by atoms with Crippen molar-refractivity contribution in [1.29, 1.82) is 0 Å². The van der Waals surface area contributed by atoms with Gasteiger partial charge in [-0.25, -0.2) is 0 Å². The SMILES string of the molecule is CC(C)c1ccccc1C(C)C.Cc1ccc(C)c(Cl)c1. The lowest BCUT2D eigenvalue weighted by molar-refractivity contribution is 0.790. The van der Waals surface area contributed by atoms with E-state index in [1.54, 1.807) is 0 Å². The minimum atomic E-state index is 0.642. The van der Waals surface area contributed by atoms with Crippen LogP contribution in [0.25, 0.3) is 0 Å². The first kappa shape index (κ1) is 17.8. The lowest BCUT2D eigenvalue weighted by atomic mass is 9.91. The van der Waals surface area contributed by atoms with Crippen molar-refractivity contribution in [1.82, 2.24) is 0 Å². The third kappa shape index (κ3) is 5.55. The van der Waals surface area contributed by atoms with E-state index in [-0.39, 0.29) is 0 Å². The maximum atomic E-state index is 5.81. The van der Waals surface area contributed by atoms with Crippen LogP contribution >= 0.6 is 11.6 Å². The molecule has 0 heterocycles. The van der Waals surface area contributed by atoms with Crippen LogP contribution in [0.15, 0.2) is 42.5 Å². The Morgan fingerprint density at radius 2 is 1.24 bits per heavy atom. The first-order valence-electron chi connectivity index (χ1n) is 7.64. The predicted molar refractivity (Wildman–Crippen MR) is 95.5 cm³/mol. The zero-order valence-corrected chi connectivity index (χ0v) is 14.8. The molecule has 0 fully saturated rings. The number of hydrogen-bond donors (Lipinski definition) is 0. The molecular weight excluding hydrogens is 276 g/mol. The third-order valence-electron chi connectivity index (χ3n) is 3.57. The van der Waals surface area contributed by atoms with Crippen molar-refractivity contribution in [3.8, 4) is 0 Å². The van der Waals surface area contributed by atoms with Gasteiger partial charge in [-0.3, -0.25) is 0 Å². The van der Waals surface area contributed by atoms with Gasteiger partial charge >= 0.3 is 0 Å². The van der Waals surface area contributed by atoms with Gasteiger partial charge in [0.25, 0.3) is 0 Å². The van der Waals surface area contributed by atoms with Crippen LogP contribution in [0, 0.1) is 13.8 Å². The summed E-state index contributed by atoms with van der Waals surface area (Å²) in [6.07, 6.45) is 0. The predicted octanol–water partition coefficient (Wildman–Crippen LogP) is 6.89. The molecule has 0 nitrogen and oxygen atoms in total. The first-order chi connectivity index (χ1) is 9.82. The fourth-order valence-electron chi connectivity index (χ4n) is 2.26. The molecule has 0 amide bonds. The molecule has 0 saturated heterocycles. The van der Waals surface area contributed by atoms with E-state index in [1.807, 2.05) is 26.0 Å². The molecule has 21 heavy (non-hydrogen) atoms. The van der Waals surface area contributed by atoms with Crippen molar-refractivity contribution in [2.45, 2.75) is 53.4 Å². The van der Waals surface area contributed by atoms with Crippen LogP contribution in [-0.4, -0.2) is 0 Å². The Morgan fingerprint density at radius 1 is 0.762 bits per heavy atom. The number of aryl methyl sites for hydroxylation is 2. The highest BCUT2D eigenvalue weighted by Crippen LogP contribution is 2.25. The molecule has 0 spiro atoms. The van der Waals surface area contributed by atoms with Crippen molar-refractivity contribution in [2.24, 2.45) is 0 Å². The molecule has 2 aromatic rings. The van der Waals surface area contributed by atoms with Crippen molar-refractivity contribution in [2.75, 3.05) is 0 Å². The third-order valence-corrected chi connectivity index (χ3v) is 3.97.